The van der Waals surface area contributed by atoms with Crippen LogP contribution in [0.3, 0.4) is 0 Å². The van der Waals surface area contributed by atoms with Gasteiger partial charge in [0.05, 0.1) is 16.4 Å². The molecule has 5 nitrogen and oxygen atoms in total. The molecule has 1 aromatic heterocycles. The Morgan fingerprint density at radius 2 is 2.05 bits per heavy atom. The molecule has 1 unspecified atom stereocenters. The molecule has 1 aliphatic heterocycles. The van der Waals surface area contributed by atoms with Gasteiger partial charge in [-0.05, 0) is 20.5 Å². The Balaban J connectivity index is 1.88. The van der Waals surface area contributed by atoms with Crippen molar-refractivity contribution < 1.29 is 0 Å². The maximum Gasteiger partial charge on any atom is 0.0863 e. The number of hydrogen-bond acceptors (Lipinski definition) is 4. The second-order valence-corrected chi connectivity index (χ2v) is 6.09. The lowest BCUT2D eigenvalue weighted by Crippen LogP contribution is -2.53. The summed E-state index contributed by atoms with van der Waals surface area (Å²) < 4.78 is 1.89. The van der Waals surface area contributed by atoms with Crippen molar-refractivity contribution in [2.75, 3.05) is 40.3 Å². The highest BCUT2D eigenvalue weighted by Crippen LogP contribution is 2.20. The Morgan fingerprint density at radius 3 is 2.70 bits per heavy atom. The largest absolute Gasteiger partial charge is 0.310 e. The number of aromatic nitrogens is 2. The normalized spacial score (nSPS) is 21.6. The van der Waals surface area contributed by atoms with Crippen molar-refractivity contribution in [3.8, 4) is 0 Å². The summed E-state index contributed by atoms with van der Waals surface area (Å²) in [6.07, 6.45) is 0.878. The summed E-state index contributed by atoms with van der Waals surface area (Å²) in [6.45, 7) is 7.23. The van der Waals surface area contributed by atoms with E-state index in [1.165, 1.54) is 0 Å². The van der Waals surface area contributed by atoms with E-state index in [4.69, 9.17) is 11.6 Å². The first-order chi connectivity index (χ1) is 9.52. The average Bonchev–Trinajstić information content (AvgIpc) is 2.69. The maximum absolute atomic E-state index is 6.36. The second-order valence-electron chi connectivity index (χ2n) is 5.71. The first-order valence-electron chi connectivity index (χ1n) is 7.32. The Labute approximate surface area is 126 Å². The summed E-state index contributed by atoms with van der Waals surface area (Å²) in [4.78, 5) is 4.81. The number of nitrogens with zero attached hydrogens (tertiary/aromatic N) is 4. The maximum atomic E-state index is 6.36. The second kappa shape index (κ2) is 6.89. The highest BCUT2D eigenvalue weighted by Gasteiger charge is 2.22. The fourth-order valence-electron chi connectivity index (χ4n) is 2.69. The van der Waals surface area contributed by atoms with Gasteiger partial charge in [0.2, 0.25) is 0 Å². The van der Waals surface area contributed by atoms with Crippen LogP contribution < -0.4 is 5.32 Å². The molecule has 2 heterocycles. The van der Waals surface area contributed by atoms with Crippen molar-refractivity contribution in [1.29, 1.82) is 0 Å². The van der Waals surface area contributed by atoms with Crippen molar-refractivity contribution >= 4 is 11.6 Å². The van der Waals surface area contributed by atoms with Gasteiger partial charge in [0, 0.05) is 45.8 Å². The standard InChI is InChI=1S/C14H26ClN5/c1-5-12-14(15)13(20(4)17-12)9-16-8-11-10-18(2)6-7-19(11)3/h11,16H,5-10H2,1-4H3. The number of likely N-dealkylation sites (N-methyl/N-ethyl adjacent to an activating group) is 2. The molecule has 0 aromatic carbocycles. The zero-order chi connectivity index (χ0) is 14.7. The summed E-state index contributed by atoms with van der Waals surface area (Å²) in [7, 11) is 6.35. The lowest BCUT2D eigenvalue weighted by molar-refractivity contribution is 0.113. The minimum Gasteiger partial charge on any atom is -0.310 e. The van der Waals surface area contributed by atoms with Crippen molar-refractivity contribution in [3.05, 3.63) is 16.4 Å². The number of hydrogen-bond donors (Lipinski definition) is 1. The third-order valence-electron chi connectivity index (χ3n) is 4.16. The van der Waals surface area contributed by atoms with Crippen molar-refractivity contribution in [2.45, 2.75) is 25.9 Å². The molecule has 114 valence electrons. The molecule has 0 bridgehead atoms. The van der Waals surface area contributed by atoms with Crippen molar-refractivity contribution in [1.82, 2.24) is 24.9 Å². The van der Waals surface area contributed by atoms with E-state index in [1.54, 1.807) is 0 Å². The van der Waals surface area contributed by atoms with E-state index >= 15 is 0 Å². The third-order valence-corrected chi connectivity index (χ3v) is 4.59. The highest BCUT2D eigenvalue weighted by atomic mass is 35.5. The summed E-state index contributed by atoms with van der Waals surface area (Å²) in [5, 5.41) is 8.79. The van der Waals surface area contributed by atoms with Gasteiger partial charge in [0.15, 0.2) is 0 Å². The van der Waals surface area contributed by atoms with Gasteiger partial charge in [-0.1, -0.05) is 18.5 Å². The summed E-state index contributed by atoms with van der Waals surface area (Å²) >= 11 is 6.36. The molecule has 0 radical (unpaired) electrons. The first kappa shape index (κ1) is 15.8. The molecule has 6 heteroatoms. The number of halogens is 1. The number of rotatable bonds is 5. The van der Waals surface area contributed by atoms with Gasteiger partial charge in [-0.3, -0.25) is 9.58 Å². The van der Waals surface area contributed by atoms with Gasteiger partial charge in [0.25, 0.3) is 0 Å². The molecule has 1 atom stereocenters. The van der Waals surface area contributed by atoms with Gasteiger partial charge < -0.3 is 10.2 Å². The molecule has 0 spiro atoms. The topological polar surface area (TPSA) is 36.3 Å². The SMILES string of the molecule is CCc1nn(C)c(CNCC2CN(C)CCN2C)c1Cl. The fraction of sp³-hybridized carbons (Fsp3) is 0.786. The molecule has 2 rings (SSSR count). The van der Waals surface area contributed by atoms with Crippen LogP contribution in [0.4, 0.5) is 0 Å². The van der Waals surface area contributed by atoms with Crippen LogP contribution in [0, 0.1) is 0 Å². The summed E-state index contributed by atoms with van der Waals surface area (Å²) in [6, 6.07) is 0.561. The molecule has 1 N–H and O–H groups in total. The minimum atomic E-state index is 0.561. The number of piperazine rings is 1. The average molecular weight is 300 g/mol. The van der Waals surface area contributed by atoms with Crippen LogP contribution in [0.25, 0.3) is 0 Å². The smallest absolute Gasteiger partial charge is 0.0863 e. The Hall–Kier alpha value is -0.620. The van der Waals surface area contributed by atoms with Crippen LogP contribution in [0.2, 0.25) is 5.02 Å². The van der Waals surface area contributed by atoms with Gasteiger partial charge in [-0.15, -0.1) is 0 Å². The van der Waals surface area contributed by atoms with E-state index in [9.17, 15) is 0 Å². The zero-order valence-electron chi connectivity index (χ0n) is 13.0. The molecular formula is C14H26ClN5. The van der Waals surface area contributed by atoms with E-state index in [2.05, 4.69) is 41.2 Å². The van der Waals surface area contributed by atoms with E-state index in [0.717, 1.165) is 55.6 Å². The van der Waals surface area contributed by atoms with Gasteiger partial charge >= 0.3 is 0 Å². The van der Waals surface area contributed by atoms with E-state index in [1.807, 2.05) is 11.7 Å². The van der Waals surface area contributed by atoms with E-state index in [-0.39, 0.29) is 0 Å². The van der Waals surface area contributed by atoms with Gasteiger partial charge in [0.1, 0.15) is 0 Å². The highest BCUT2D eigenvalue weighted by molar-refractivity contribution is 6.31. The number of aryl methyl sites for hydroxylation is 2. The molecule has 1 aliphatic rings. The van der Waals surface area contributed by atoms with Gasteiger partial charge in [-0.25, -0.2) is 0 Å². The monoisotopic (exact) mass is 299 g/mol. The van der Waals surface area contributed by atoms with Crippen LogP contribution in [0.1, 0.15) is 18.3 Å². The van der Waals surface area contributed by atoms with E-state index < -0.39 is 0 Å². The molecule has 0 aliphatic carbocycles. The van der Waals surface area contributed by atoms with E-state index in [0.29, 0.717) is 6.04 Å². The first-order valence-corrected chi connectivity index (χ1v) is 7.70. The molecule has 1 saturated heterocycles. The van der Waals surface area contributed by atoms with Gasteiger partial charge in [-0.2, -0.15) is 5.10 Å². The summed E-state index contributed by atoms with van der Waals surface area (Å²) in [5.41, 5.74) is 2.07. The fourth-order valence-corrected chi connectivity index (χ4v) is 3.05. The molecular weight excluding hydrogens is 274 g/mol. The summed E-state index contributed by atoms with van der Waals surface area (Å²) in [5.74, 6) is 0. The Bertz CT molecular complexity index is 445. The van der Waals surface area contributed by atoms with Crippen molar-refractivity contribution in [2.24, 2.45) is 7.05 Å². The minimum absolute atomic E-state index is 0.561. The number of nitrogens with one attached hydrogen (secondary N) is 1. The van der Waals surface area contributed by atoms with Crippen LogP contribution in [-0.4, -0.2) is 65.9 Å². The lowest BCUT2D eigenvalue weighted by atomic mass is 10.2. The van der Waals surface area contributed by atoms with Crippen LogP contribution in [0.5, 0.6) is 0 Å². The molecule has 1 aromatic rings. The predicted molar refractivity (Wildman–Crippen MR) is 83.2 cm³/mol. The zero-order valence-corrected chi connectivity index (χ0v) is 13.7. The quantitative estimate of drug-likeness (QED) is 0.879. The molecule has 0 saturated carbocycles. The third kappa shape index (κ3) is 3.52. The van der Waals surface area contributed by atoms with Crippen LogP contribution >= 0.6 is 11.6 Å². The Kier molecular flexibility index (Phi) is 5.43. The molecule has 0 amide bonds. The van der Waals surface area contributed by atoms with Crippen LogP contribution in [-0.2, 0) is 20.0 Å². The Morgan fingerprint density at radius 1 is 1.30 bits per heavy atom. The predicted octanol–water partition coefficient (Wildman–Crippen LogP) is 0.971. The molecule has 1 fully saturated rings. The van der Waals surface area contributed by atoms with Crippen molar-refractivity contribution in [3.63, 3.8) is 0 Å². The molecule has 20 heavy (non-hydrogen) atoms. The lowest BCUT2D eigenvalue weighted by Gasteiger charge is -2.37. The van der Waals surface area contributed by atoms with Crippen LogP contribution in [0.15, 0.2) is 0 Å².